The van der Waals surface area contributed by atoms with Crippen molar-refractivity contribution < 1.29 is 18.4 Å². The van der Waals surface area contributed by atoms with Gasteiger partial charge in [-0.15, -0.1) is 0 Å². The molecule has 17 heteroatoms. The number of imidazole rings is 3. The van der Waals surface area contributed by atoms with Gasteiger partial charge in [0.25, 0.3) is 0 Å². The number of nitrogens with zero attached hydrogens (tertiary/aromatic N) is 9. The number of rotatable bonds is 5. The summed E-state index contributed by atoms with van der Waals surface area (Å²) in [5.41, 5.74) is 12.5. The standard InChI is InChI=1S/C22H15FN6O2.C21H17FN6O/c23-12-5-6-15-18(9-12)28(11-25-15)21-24-10-16-20(27-21)29(22(31)26-16)17-7-8-19(30)14-4-2-1-3-13(14)17;22-12-5-6-17-18(9-12)28(11-25-17)21-24-10-15(23)20(27-21)26-16-7-8-19(29)14-4-2-1-3-13(14)16/h1-6,9-11,17H,7-8H2,(H,26,31);1-6,9-11,16H,7-8,23H2,(H,24,26,27). The van der Waals surface area contributed by atoms with Crippen LogP contribution >= 0.6 is 0 Å². The Balaban J connectivity index is 0.000000145. The first-order valence-electron chi connectivity index (χ1n) is 19.1. The molecule has 0 spiro atoms. The van der Waals surface area contributed by atoms with E-state index in [-0.39, 0.29) is 41.1 Å². The summed E-state index contributed by atoms with van der Waals surface area (Å²) >= 11 is 0. The van der Waals surface area contributed by atoms with Crippen molar-refractivity contribution in [1.29, 1.82) is 0 Å². The highest BCUT2D eigenvalue weighted by atomic mass is 19.1. The Hall–Kier alpha value is -7.95. The molecule has 0 aliphatic heterocycles. The number of carbonyl (C=O) groups excluding carboxylic acids is 2. The first-order chi connectivity index (χ1) is 29.2. The van der Waals surface area contributed by atoms with E-state index in [9.17, 15) is 23.2 Å². The summed E-state index contributed by atoms with van der Waals surface area (Å²) in [6.07, 6.45) is 8.07. The van der Waals surface area contributed by atoms with Crippen LogP contribution in [0.25, 0.3) is 45.1 Å². The second-order valence-electron chi connectivity index (χ2n) is 14.5. The molecule has 60 heavy (non-hydrogen) atoms. The quantitative estimate of drug-likeness (QED) is 0.165. The van der Waals surface area contributed by atoms with Crippen LogP contribution in [-0.2, 0) is 0 Å². The van der Waals surface area contributed by atoms with Crippen LogP contribution in [0.4, 0.5) is 20.3 Å². The fraction of sp³-hybridized carbons (Fsp3) is 0.140. The molecule has 0 saturated carbocycles. The molecule has 0 bridgehead atoms. The number of nitrogen functional groups attached to an aromatic ring is 1. The number of aromatic nitrogens is 10. The lowest BCUT2D eigenvalue weighted by atomic mass is 9.86. The van der Waals surface area contributed by atoms with Crippen LogP contribution in [0.3, 0.4) is 0 Å². The van der Waals surface area contributed by atoms with Gasteiger partial charge in [-0.2, -0.15) is 9.97 Å². The molecule has 296 valence electrons. The molecule has 2 atom stereocenters. The summed E-state index contributed by atoms with van der Waals surface area (Å²) in [5, 5.41) is 3.35. The number of anilines is 2. The summed E-state index contributed by atoms with van der Waals surface area (Å²) < 4.78 is 32.2. The number of hydrogen-bond donors (Lipinski definition) is 3. The molecule has 4 aromatic carbocycles. The van der Waals surface area contributed by atoms with Crippen molar-refractivity contribution in [2.45, 2.75) is 37.8 Å². The minimum atomic E-state index is -0.391. The third-order valence-corrected chi connectivity index (χ3v) is 10.9. The normalized spacial score (nSPS) is 16.1. The van der Waals surface area contributed by atoms with Gasteiger partial charge < -0.3 is 16.0 Å². The van der Waals surface area contributed by atoms with Crippen LogP contribution in [0.15, 0.2) is 115 Å². The average molecular weight is 803 g/mol. The van der Waals surface area contributed by atoms with Crippen molar-refractivity contribution in [2.24, 2.45) is 0 Å². The van der Waals surface area contributed by atoms with Crippen LogP contribution in [0, 0.1) is 11.6 Å². The topological polar surface area (TPSA) is 197 Å². The van der Waals surface area contributed by atoms with Crippen molar-refractivity contribution in [2.75, 3.05) is 11.1 Å². The number of nitrogens with one attached hydrogen (secondary N) is 2. The molecule has 0 saturated heterocycles. The van der Waals surface area contributed by atoms with Gasteiger partial charge in [-0.05, 0) is 48.2 Å². The number of aromatic amines is 1. The third kappa shape index (κ3) is 6.32. The highest BCUT2D eigenvalue weighted by molar-refractivity contribution is 5.99. The number of halogens is 2. The summed E-state index contributed by atoms with van der Waals surface area (Å²) in [5.74, 6) is 0.517. The van der Waals surface area contributed by atoms with Gasteiger partial charge in [-0.1, -0.05) is 48.5 Å². The minimum absolute atomic E-state index is 0.0713. The van der Waals surface area contributed by atoms with Crippen LogP contribution in [0.2, 0.25) is 0 Å². The summed E-state index contributed by atoms with van der Waals surface area (Å²) in [6.45, 7) is 0. The lowest BCUT2D eigenvalue weighted by Crippen LogP contribution is -2.28. The number of benzene rings is 4. The minimum Gasteiger partial charge on any atom is -0.394 e. The second-order valence-corrected chi connectivity index (χ2v) is 14.5. The largest absolute Gasteiger partial charge is 0.394 e. The van der Waals surface area contributed by atoms with Gasteiger partial charge in [0.05, 0.1) is 52.2 Å². The molecule has 4 N–H and O–H groups in total. The SMILES string of the molecule is Nc1cnc(-n2cnc3ccc(F)cc32)nc1NC1CCC(=O)c2ccccc21.O=C1CCC(n2c(=O)[nH]c3cnc(-n4cnc5ccc(F)cc54)nc32)c2ccccc21. The van der Waals surface area contributed by atoms with E-state index in [1.165, 1.54) is 43.0 Å². The molecule has 0 fully saturated rings. The Morgan fingerprint density at radius 2 is 1.27 bits per heavy atom. The van der Waals surface area contributed by atoms with Gasteiger partial charge >= 0.3 is 5.69 Å². The Bertz CT molecular complexity index is 3240. The van der Waals surface area contributed by atoms with Gasteiger partial charge in [0.2, 0.25) is 11.9 Å². The highest BCUT2D eigenvalue weighted by Gasteiger charge is 2.30. The molecule has 11 rings (SSSR count). The average Bonchev–Trinajstić information content (AvgIpc) is 3.97. The van der Waals surface area contributed by atoms with E-state index in [0.717, 1.165) is 16.7 Å². The number of nitrogens with two attached hydrogens (primary N) is 1. The summed E-state index contributed by atoms with van der Waals surface area (Å²) in [4.78, 5) is 66.5. The number of hydrogen-bond acceptors (Lipinski definition) is 11. The number of carbonyl (C=O) groups is 2. The maximum Gasteiger partial charge on any atom is 0.328 e. The number of fused-ring (bicyclic) bond motifs is 5. The van der Waals surface area contributed by atoms with E-state index >= 15 is 0 Å². The van der Waals surface area contributed by atoms with E-state index < -0.39 is 5.82 Å². The zero-order valence-corrected chi connectivity index (χ0v) is 31.5. The zero-order valence-electron chi connectivity index (χ0n) is 31.5. The van der Waals surface area contributed by atoms with Crippen LogP contribution in [0.1, 0.15) is 69.6 Å². The number of ketones is 2. The fourth-order valence-corrected chi connectivity index (χ4v) is 8.01. The second kappa shape index (κ2) is 14.5. The van der Waals surface area contributed by atoms with E-state index in [1.54, 1.807) is 38.2 Å². The predicted molar refractivity (Wildman–Crippen MR) is 218 cm³/mol. The number of H-pyrrole nitrogens is 1. The first-order valence-corrected chi connectivity index (χ1v) is 19.1. The fourth-order valence-electron chi connectivity index (χ4n) is 8.01. The Labute approximate surface area is 337 Å². The number of Topliss-reactive ketones (excluding diaryl/α,β-unsaturated/α-hetero) is 2. The third-order valence-electron chi connectivity index (χ3n) is 10.9. The van der Waals surface area contributed by atoms with Crippen molar-refractivity contribution in [3.05, 3.63) is 154 Å². The molecule has 9 aromatic rings. The van der Waals surface area contributed by atoms with Gasteiger partial charge in [0, 0.05) is 36.1 Å². The Morgan fingerprint density at radius 3 is 1.95 bits per heavy atom. The molecule has 2 aliphatic carbocycles. The maximum absolute atomic E-state index is 13.8. The summed E-state index contributed by atoms with van der Waals surface area (Å²) in [7, 11) is 0. The van der Waals surface area contributed by atoms with Gasteiger partial charge in [0.1, 0.15) is 29.8 Å². The molecule has 2 aliphatic rings. The maximum atomic E-state index is 13.8. The molecule has 5 heterocycles. The highest BCUT2D eigenvalue weighted by Crippen LogP contribution is 2.35. The molecule has 0 amide bonds. The molecule has 2 unspecified atom stereocenters. The molecule has 0 radical (unpaired) electrons. The Kier molecular flexibility index (Phi) is 8.77. The van der Waals surface area contributed by atoms with E-state index in [2.05, 4.69) is 40.2 Å². The Morgan fingerprint density at radius 1 is 0.683 bits per heavy atom. The summed E-state index contributed by atoms with van der Waals surface area (Å²) in [6, 6.07) is 23.1. The molecule has 5 aromatic heterocycles. The predicted octanol–water partition coefficient (Wildman–Crippen LogP) is 6.83. The van der Waals surface area contributed by atoms with Crippen molar-refractivity contribution in [3.8, 4) is 11.9 Å². The first kappa shape index (κ1) is 36.4. The van der Waals surface area contributed by atoms with E-state index in [4.69, 9.17) is 5.73 Å². The van der Waals surface area contributed by atoms with Crippen molar-refractivity contribution in [3.63, 3.8) is 0 Å². The lowest BCUT2D eigenvalue weighted by molar-refractivity contribution is 0.0958. The van der Waals surface area contributed by atoms with E-state index in [1.807, 2.05) is 42.5 Å². The smallest absolute Gasteiger partial charge is 0.328 e. The van der Waals surface area contributed by atoms with Crippen molar-refractivity contribution in [1.82, 2.24) is 48.6 Å². The zero-order chi connectivity index (χ0) is 41.1. The van der Waals surface area contributed by atoms with Crippen LogP contribution in [0.5, 0.6) is 0 Å². The van der Waals surface area contributed by atoms with Gasteiger partial charge in [-0.25, -0.2) is 33.5 Å². The van der Waals surface area contributed by atoms with Crippen LogP contribution < -0.4 is 16.7 Å². The van der Waals surface area contributed by atoms with Gasteiger partial charge in [0.15, 0.2) is 23.0 Å². The van der Waals surface area contributed by atoms with Crippen molar-refractivity contribution >= 4 is 56.3 Å². The van der Waals surface area contributed by atoms with E-state index in [0.29, 0.717) is 81.9 Å². The lowest BCUT2D eigenvalue weighted by Gasteiger charge is -2.26. The monoisotopic (exact) mass is 802 g/mol. The molecule has 15 nitrogen and oxygen atoms in total. The van der Waals surface area contributed by atoms with Crippen LogP contribution in [-0.4, -0.2) is 60.2 Å². The molecular weight excluding hydrogens is 771 g/mol. The van der Waals surface area contributed by atoms with Gasteiger partial charge in [-0.3, -0.25) is 23.3 Å². The molecular formula is C43H32F2N12O3.